The number of nitrogen functional groups attached to an aromatic ring is 1. The van der Waals surface area contributed by atoms with E-state index in [1.807, 2.05) is 31.4 Å². The molecular formula is C15H16ClN3O. The lowest BCUT2D eigenvalue weighted by molar-refractivity contribution is 0.413. The van der Waals surface area contributed by atoms with Crippen molar-refractivity contribution in [3.05, 3.63) is 39.5 Å². The van der Waals surface area contributed by atoms with Gasteiger partial charge in [0.05, 0.1) is 18.4 Å². The molecule has 0 fully saturated rings. The van der Waals surface area contributed by atoms with Crippen LogP contribution in [-0.2, 0) is 0 Å². The van der Waals surface area contributed by atoms with Crippen molar-refractivity contribution in [1.29, 1.82) is 5.26 Å². The van der Waals surface area contributed by atoms with Gasteiger partial charge in [-0.2, -0.15) is 5.26 Å². The topological polar surface area (TPSA) is 64.0 Å². The van der Waals surface area contributed by atoms with Gasteiger partial charge in [0, 0.05) is 16.8 Å². The van der Waals surface area contributed by atoms with Crippen LogP contribution >= 0.6 is 11.6 Å². The number of nitrogens with two attached hydrogens (primary N) is 1. The van der Waals surface area contributed by atoms with Gasteiger partial charge in [-0.15, -0.1) is 0 Å². The van der Waals surface area contributed by atoms with Gasteiger partial charge in [0.2, 0.25) is 0 Å². The summed E-state index contributed by atoms with van der Waals surface area (Å²) in [5, 5.41) is 9.84. The predicted octanol–water partition coefficient (Wildman–Crippen LogP) is 3.52. The van der Waals surface area contributed by atoms with Crippen LogP contribution in [0.25, 0.3) is 5.69 Å². The van der Waals surface area contributed by atoms with Crippen LogP contribution in [-0.4, -0.2) is 11.7 Å². The Kier molecular flexibility index (Phi) is 3.65. The first-order valence-corrected chi connectivity index (χ1v) is 6.52. The Morgan fingerprint density at radius 3 is 2.45 bits per heavy atom. The second-order valence-electron chi connectivity index (χ2n) is 4.69. The van der Waals surface area contributed by atoms with Crippen molar-refractivity contribution in [2.75, 3.05) is 12.8 Å². The molecule has 104 valence electrons. The van der Waals surface area contributed by atoms with Gasteiger partial charge in [0.25, 0.3) is 0 Å². The van der Waals surface area contributed by atoms with E-state index in [1.54, 1.807) is 13.2 Å². The van der Waals surface area contributed by atoms with Crippen molar-refractivity contribution in [3.63, 3.8) is 0 Å². The molecule has 0 saturated heterocycles. The van der Waals surface area contributed by atoms with Gasteiger partial charge in [-0.1, -0.05) is 11.6 Å². The summed E-state index contributed by atoms with van der Waals surface area (Å²) < 4.78 is 7.21. The molecule has 0 saturated carbocycles. The van der Waals surface area contributed by atoms with Gasteiger partial charge >= 0.3 is 0 Å². The van der Waals surface area contributed by atoms with E-state index >= 15 is 0 Å². The SMILES string of the molecule is COc1cc(Cl)c(C)cc1-n1c(C)c(C)c(C#N)c1N. The zero-order valence-electron chi connectivity index (χ0n) is 11.9. The number of rotatable bonds is 2. The maximum atomic E-state index is 9.21. The number of nitriles is 1. The number of hydrogen-bond acceptors (Lipinski definition) is 3. The molecule has 2 N–H and O–H groups in total. The highest BCUT2D eigenvalue weighted by Gasteiger charge is 2.19. The Morgan fingerprint density at radius 1 is 1.30 bits per heavy atom. The number of hydrogen-bond donors (Lipinski definition) is 1. The standard InChI is InChI=1S/C15H16ClN3O/c1-8-5-13(14(20-4)6-12(8)16)19-10(3)9(2)11(7-17)15(19)18/h5-6H,18H2,1-4H3. The lowest BCUT2D eigenvalue weighted by Gasteiger charge is -2.15. The molecular weight excluding hydrogens is 274 g/mol. The maximum absolute atomic E-state index is 9.21. The highest BCUT2D eigenvalue weighted by molar-refractivity contribution is 6.31. The van der Waals surface area contributed by atoms with Crippen LogP contribution < -0.4 is 10.5 Å². The summed E-state index contributed by atoms with van der Waals surface area (Å²) in [4.78, 5) is 0. The molecule has 4 nitrogen and oxygen atoms in total. The first kappa shape index (κ1) is 14.3. The van der Waals surface area contributed by atoms with E-state index < -0.39 is 0 Å². The summed E-state index contributed by atoms with van der Waals surface area (Å²) in [6.07, 6.45) is 0. The quantitative estimate of drug-likeness (QED) is 0.920. The summed E-state index contributed by atoms with van der Waals surface area (Å²) in [7, 11) is 1.58. The molecule has 0 aliphatic heterocycles. The lowest BCUT2D eigenvalue weighted by atomic mass is 10.2. The van der Waals surface area contributed by atoms with Crippen LogP contribution in [0.3, 0.4) is 0 Å². The second kappa shape index (κ2) is 5.10. The van der Waals surface area contributed by atoms with Gasteiger partial charge in [0.15, 0.2) is 0 Å². The molecule has 1 aromatic heterocycles. The summed E-state index contributed by atoms with van der Waals surface area (Å²) in [6, 6.07) is 5.81. The third-order valence-corrected chi connectivity index (χ3v) is 3.97. The van der Waals surface area contributed by atoms with E-state index in [1.165, 1.54) is 0 Å². The van der Waals surface area contributed by atoms with Crippen LogP contribution in [0.15, 0.2) is 12.1 Å². The molecule has 0 aliphatic rings. The fraction of sp³-hybridized carbons (Fsp3) is 0.267. The predicted molar refractivity (Wildman–Crippen MR) is 80.7 cm³/mol. The number of aromatic nitrogens is 1. The average molecular weight is 290 g/mol. The monoisotopic (exact) mass is 289 g/mol. The van der Waals surface area contributed by atoms with E-state index in [0.29, 0.717) is 22.2 Å². The number of anilines is 1. The Labute approximate surface area is 123 Å². The van der Waals surface area contributed by atoms with E-state index in [-0.39, 0.29) is 0 Å². The van der Waals surface area contributed by atoms with Gasteiger partial charge in [-0.25, -0.2) is 0 Å². The number of aryl methyl sites for hydroxylation is 1. The third-order valence-electron chi connectivity index (χ3n) is 3.56. The van der Waals surface area contributed by atoms with Crippen molar-refractivity contribution in [2.45, 2.75) is 20.8 Å². The summed E-state index contributed by atoms with van der Waals surface area (Å²) in [6.45, 7) is 5.73. The minimum absolute atomic E-state index is 0.419. The van der Waals surface area contributed by atoms with Gasteiger partial charge in [-0.3, -0.25) is 4.57 Å². The van der Waals surface area contributed by atoms with Crippen molar-refractivity contribution >= 4 is 17.4 Å². The minimum atomic E-state index is 0.419. The average Bonchev–Trinajstić information content (AvgIpc) is 2.63. The Hall–Kier alpha value is -2.12. The third kappa shape index (κ3) is 2.00. The first-order chi connectivity index (χ1) is 9.42. The fourth-order valence-corrected chi connectivity index (χ4v) is 2.42. The summed E-state index contributed by atoms with van der Waals surface area (Å²) in [5.74, 6) is 1.04. The Bertz CT molecular complexity index is 726. The van der Waals surface area contributed by atoms with E-state index in [4.69, 9.17) is 22.1 Å². The van der Waals surface area contributed by atoms with Crippen molar-refractivity contribution in [1.82, 2.24) is 4.57 Å². The van der Waals surface area contributed by atoms with Gasteiger partial charge < -0.3 is 10.5 Å². The Balaban J connectivity index is 2.82. The molecule has 0 radical (unpaired) electrons. The molecule has 0 atom stereocenters. The summed E-state index contributed by atoms with van der Waals surface area (Å²) in [5.41, 5.74) is 10.1. The zero-order chi connectivity index (χ0) is 15.0. The van der Waals surface area contributed by atoms with Crippen LogP contribution in [0.5, 0.6) is 5.75 Å². The number of benzene rings is 1. The van der Waals surface area contributed by atoms with E-state index in [9.17, 15) is 5.26 Å². The van der Waals surface area contributed by atoms with Gasteiger partial charge in [0.1, 0.15) is 17.6 Å². The normalized spacial score (nSPS) is 10.4. The van der Waals surface area contributed by atoms with Crippen LogP contribution in [0.2, 0.25) is 5.02 Å². The summed E-state index contributed by atoms with van der Waals surface area (Å²) >= 11 is 6.12. The molecule has 0 amide bonds. The van der Waals surface area contributed by atoms with Crippen molar-refractivity contribution < 1.29 is 4.74 Å². The molecule has 5 heteroatoms. The van der Waals surface area contributed by atoms with Gasteiger partial charge in [-0.05, 0) is 38.0 Å². The molecule has 20 heavy (non-hydrogen) atoms. The molecule has 2 rings (SSSR count). The number of methoxy groups -OCH3 is 1. The minimum Gasteiger partial charge on any atom is -0.495 e. The van der Waals surface area contributed by atoms with Crippen LogP contribution in [0.1, 0.15) is 22.4 Å². The molecule has 1 aromatic carbocycles. The number of ether oxygens (including phenoxy) is 1. The largest absolute Gasteiger partial charge is 0.495 e. The highest BCUT2D eigenvalue weighted by Crippen LogP contribution is 2.35. The number of nitrogens with zero attached hydrogens (tertiary/aromatic N) is 2. The second-order valence-corrected chi connectivity index (χ2v) is 5.10. The van der Waals surface area contributed by atoms with Crippen LogP contribution in [0.4, 0.5) is 5.82 Å². The maximum Gasteiger partial charge on any atom is 0.144 e. The molecule has 2 aromatic rings. The number of halogens is 1. The molecule has 1 heterocycles. The van der Waals surface area contributed by atoms with Crippen molar-refractivity contribution in [3.8, 4) is 17.5 Å². The first-order valence-electron chi connectivity index (χ1n) is 6.14. The zero-order valence-corrected chi connectivity index (χ0v) is 12.7. The molecule has 0 bridgehead atoms. The molecule has 0 aliphatic carbocycles. The molecule has 0 spiro atoms. The van der Waals surface area contributed by atoms with E-state index in [2.05, 4.69) is 6.07 Å². The molecule has 0 unspecified atom stereocenters. The fourth-order valence-electron chi connectivity index (χ4n) is 2.27. The van der Waals surface area contributed by atoms with E-state index in [0.717, 1.165) is 22.5 Å². The highest BCUT2D eigenvalue weighted by atomic mass is 35.5. The van der Waals surface area contributed by atoms with Crippen molar-refractivity contribution in [2.24, 2.45) is 0 Å². The lowest BCUT2D eigenvalue weighted by Crippen LogP contribution is -2.05. The Morgan fingerprint density at radius 2 is 1.95 bits per heavy atom. The van der Waals surface area contributed by atoms with Crippen LogP contribution in [0, 0.1) is 32.1 Å². The smallest absolute Gasteiger partial charge is 0.144 e.